The van der Waals surface area contributed by atoms with E-state index in [0.717, 1.165) is 24.5 Å². The molecular weight excluding hydrogens is 234 g/mol. The van der Waals surface area contributed by atoms with Crippen LogP contribution in [0.15, 0.2) is 36.4 Å². The first-order valence-electron chi connectivity index (χ1n) is 5.62. The van der Waals surface area contributed by atoms with Crippen molar-refractivity contribution < 1.29 is 0 Å². The quantitative estimate of drug-likeness (QED) is 0.762. The van der Waals surface area contributed by atoms with Gasteiger partial charge in [-0.1, -0.05) is 18.2 Å². The van der Waals surface area contributed by atoms with E-state index in [9.17, 15) is 0 Å². The molecule has 0 aliphatic carbocycles. The minimum atomic E-state index is 0.407. The number of nitrogens with zero attached hydrogens (tertiary/aromatic N) is 3. The fourth-order valence-electron chi connectivity index (χ4n) is 2.14. The summed E-state index contributed by atoms with van der Waals surface area (Å²) >= 11 is 5.70. The molecule has 0 fully saturated rings. The summed E-state index contributed by atoms with van der Waals surface area (Å²) in [4.78, 5) is 2.19. The summed E-state index contributed by atoms with van der Waals surface area (Å²) in [5.41, 5.74) is 3.42. The van der Waals surface area contributed by atoms with Crippen LogP contribution in [-0.4, -0.2) is 16.7 Å². The number of aromatic nitrogens is 2. The molecule has 1 aliphatic rings. The van der Waals surface area contributed by atoms with Gasteiger partial charge in [-0.15, -0.1) is 16.7 Å². The van der Waals surface area contributed by atoms with E-state index < -0.39 is 0 Å². The monoisotopic (exact) mass is 245 g/mol. The highest BCUT2D eigenvalue weighted by Gasteiger charge is 2.20. The predicted molar refractivity (Wildman–Crippen MR) is 68.7 cm³/mol. The van der Waals surface area contributed by atoms with E-state index in [1.165, 1.54) is 11.3 Å². The highest BCUT2D eigenvalue weighted by molar-refractivity contribution is 6.16. The number of hydrogen-bond acceptors (Lipinski definition) is 3. The van der Waals surface area contributed by atoms with E-state index in [2.05, 4.69) is 39.4 Å². The van der Waals surface area contributed by atoms with Crippen LogP contribution >= 0.6 is 11.6 Å². The van der Waals surface area contributed by atoms with E-state index in [1.807, 2.05) is 12.1 Å². The zero-order valence-electron chi connectivity index (χ0n) is 9.31. The van der Waals surface area contributed by atoms with Crippen LogP contribution < -0.4 is 4.90 Å². The molecule has 0 radical (unpaired) electrons. The molecule has 1 aliphatic heterocycles. The molecule has 0 amide bonds. The van der Waals surface area contributed by atoms with Crippen molar-refractivity contribution >= 4 is 23.1 Å². The standard InChI is InChI=1S/C13H12ClN3/c14-9-11-5-6-13(16-15-11)17-8-7-10-3-1-2-4-12(10)17/h1-6H,7-9H2. The van der Waals surface area contributed by atoms with Gasteiger partial charge in [-0.3, -0.25) is 0 Å². The third-order valence-corrected chi connectivity index (χ3v) is 3.28. The normalized spacial score (nSPS) is 13.8. The summed E-state index contributed by atoms with van der Waals surface area (Å²) in [6.45, 7) is 0.967. The van der Waals surface area contributed by atoms with E-state index in [-0.39, 0.29) is 0 Å². The van der Waals surface area contributed by atoms with Gasteiger partial charge in [-0.2, -0.15) is 5.10 Å². The zero-order valence-corrected chi connectivity index (χ0v) is 10.1. The van der Waals surface area contributed by atoms with Crippen LogP contribution in [0, 0.1) is 0 Å². The minimum Gasteiger partial charge on any atom is -0.324 e. The molecule has 3 nitrogen and oxygen atoms in total. The second-order valence-corrected chi connectivity index (χ2v) is 4.31. The zero-order chi connectivity index (χ0) is 11.7. The summed E-state index contributed by atoms with van der Waals surface area (Å²) < 4.78 is 0. The van der Waals surface area contributed by atoms with Gasteiger partial charge in [0.25, 0.3) is 0 Å². The van der Waals surface area contributed by atoms with Crippen LogP contribution in [0.2, 0.25) is 0 Å². The largest absolute Gasteiger partial charge is 0.324 e. The molecule has 1 aromatic carbocycles. The SMILES string of the molecule is ClCc1ccc(N2CCc3ccccc32)nn1. The third kappa shape index (κ3) is 1.87. The van der Waals surface area contributed by atoms with Crippen LogP contribution in [0.1, 0.15) is 11.3 Å². The number of alkyl halides is 1. The Morgan fingerprint density at radius 2 is 2.00 bits per heavy atom. The van der Waals surface area contributed by atoms with Crippen LogP contribution in [0.25, 0.3) is 0 Å². The highest BCUT2D eigenvalue weighted by atomic mass is 35.5. The van der Waals surface area contributed by atoms with Gasteiger partial charge in [0.1, 0.15) is 0 Å². The fourth-order valence-corrected chi connectivity index (χ4v) is 2.29. The van der Waals surface area contributed by atoms with Gasteiger partial charge >= 0.3 is 0 Å². The molecule has 0 saturated heterocycles. The smallest absolute Gasteiger partial charge is 0.155 e. The van der Waals surface area contributed by atoms with Crippen LogP contribution in [0.3, 0.4) is 0 Å². The molecule has 86 valence electrons. The lowest BCUT2D eigenvalue weighted by molar-refractivity contribution is 0.906. The molecule has 0 atom stereocenters. The third-order valence-electron chi connectivity index (χ3n) is 3.01. The Bertz CT molecular complexity index is 524. The Morgan fingerprint density at radius 3 is 2.76 bits per heavy atom. The van der Waals surface area contributed by atoms with E-state index in [1.54, 1.807) is 0 Å². The number of hydrogen-bond donors (Lipinski definition) is 0. The molecule has 17 heavy (non-hydrogen) atoms. The van der Waals surface area contributed by atoms with Crippen molar-refractivity contribution in [1.29, 1.82) is 0 Å². The number of para-hydroxylation sites is 1. The topological polar surface area (TPSA) is 29.0 Å². The van der Waals surface area contributed by atoms with Crippen molar-refractivity contribution in [3.05, 3.63) is 47.7 Å². The van der Waals surface area contributed by atoms with Crippen molar-refractivity contribution in [2.45, 2.75) is 12.3 Å². The van der Waals surface area contributed by atoms with Crippen molar-refractivity contribution in [1.82, 2.24) is 10.2 Å². The van der Waals surface area contributed by atoms with Crippen molar-refractivity contribution in [2.24, 2.45) is 0 Å². The lowest BCUT2D eigenvalue weighted by Crippen LogP contribution is -2.15. The predicted octanol–water partition coefficient (Wildman–Crippen LogP) is 2.91. The number of fused-ring (bicyclic) bond motifs is 1. The molecule has 0 saturated carbocycles. The van der Waals surface area contributed by atoms with Gasteiger partial charge in [-0.25, -0.2) is 0 Å². The van der Waals surface area contributed by atoms with Crippen LogP contribution in [0.4, 0.5) is 11.5 Å². The molecule has 2 heterocycles. The maximum atomic E-state index is 5.70. The summed E-state index contributed by atoms with van der Waals surface area (Å²) in [6.07, 6.45) is 1.06. The molecule has 4 heteroatoms. The molecule has 0 spiro atoms. The lowest BCUT2D eigenvalue weighted by atomic mass is 10.2. The Hall–Kier alpha value is -1.61. The summed E-state index contributed by atoms with van der Waals surface area (Å²) in [6, 6.07) is 12.3. The Kier molecular flexibility index (Phi) is 2.69. The van der Waals surface area contributed by atoms with Crippen molar-refractivity contribution in [2.75, 3.05) is 11.4 Å². The molecule has 2 aromatic rings. The van der Waals surface area contributed by atoms with Gasteiger partial charge in [-0.05, 0) is 30.2 Å². The van der Waals surface area contributed by atoms with E-state index in [4.69, 9.17) is 11.6 Å². The molecule has 3 rings (SSSR count). The molecule has 0 N–H and O–H groups in total. The first kappa shape index (κ1) is 10.5. The average molecular weight is 246 g/mol. The first-order chi connectivity index (χ1) is 8.38. The lowest BCUT2D eigenvalue weighted by Gasteiger charge is -2.17. The first-order valence-corrected chi connectivity index (χ1v) is 6.16. The highest BCUT2D eigenvalue weighted by Crippen LogP contribution is 2.32. The Labute approximate surface area is 105 Å². The number of benzene rings is 1. The van der Waals surface area contributed by atoms with Gasteiger partial charge in [0.2, 0.25) is 0 Å². The summed E-state index contributed by atoms with van der Waals surface area (Å²) in [5, 5.41) is 8.31. The van der Waals surface area contributed by atoms with Crippen LogP contribution in [0.5, 0.6) is 0 Å². The molecule has 1 aromatic heterocycles. The fraction of sp³-hybridized carbons (Fsp3) is 0.231. The van der Waals surface area contributed by atoms with E-state index >= 15 is 0 Å². The van der Waals surface area contributed by atoms with Crippen LogP contribution in [-0.2, 0) is 12.3 Å². The average Bonchev–Trinajstić information content (AvgIpc) is 2.83. The second-order valence-electron chi connectivity index (χ2n) is 4.05. The second kappa shape index (κ2) is 4.34. The van der Waals surface area contributed by atoms with Gasteiger partial charge < -0.3 is 4.90 Å². The van der Waals surface area contributed by atoms with Crippen molar-refractivity contribution in [3.8, 4) is 0 Å². The molecular formula is C13H12ClN3. The van der Waals surface area contributed by atoms with Gasteiger partial charge in [0, 0.05) is 12.2 Å². The van der Waals surface area contributed by atoms with Crippen molar-refractivity contribution in [3.63, 3.8) is 0 Å². The summed E-state index contributed by atoms with van der Waals surface area (Å²) in [5.74, 6) is 1.30. The minimum absolute atomic E-state index is 0.407. The van der Waals surface area contributed by atoms with E-state index in [0.29, 0.717) is 5.88 Å². The number of rotatable bonds is 2. The molecule has 0 unspecified atom stereocenters. The van der Waals surface area contributed by atoms with Gasteiger partial charge in [0.05, 0.1) is 11.6 Å². The summed E-state index contributed by atoms with van der Waals surface area (Å²) in [7, 11) is 0. The molecule has 0 bridgehead atoms. The Morgan fingerprint density at radius 1 is 1.12 bits per heavy atom. The maximum Gasteiger partial charge on any atom is 0.155 e. The number of anilines is 2. The maximum absolute atomic E-state index is 5.70. The van der Waals surface area contributed by atoms with Gasteiger partial charge in [0.15, 0.2) is 5.82 Å². The Balaban J connectivity index is 1.95. The number of halogens is 1.